The first-order valence-corrected chi connectivity index (χ1v) is 11.1. The predicted octanol–water partition coefficient (Wildman–Crippen LogP) is 2.92. The van der Waals surface area contributed by atoms with E-state index in [4.69, 9.17) is 9.47 Å². The Morgan fingerprint density at radius 2 is 1.97 bits per heavy atom. The van der Waals surface area contributed by atoms with E-state index >= 15 is 0 Å². The number of benzene rings is 1. The highest BCUT2D eigenvalue weighted by atomic mass is 16.5. The second kappa shape index (κ2) is 10.3. The largest absolute Gasteiger partial charge is 0.507 e. The number of carbonyl (C=O) groups excluding carboxylic acids is 1. The molecule has 10 nitrogen and oxygen atoms in total. The third-order valence-electron chi connectivity index (χ3n) is 6.05. The van der Waals surface area contributed by atoms with Crippen LogP contribution < -0.4 is 10.3 Å². The summed E-state index contributed by atoms with van der Waals surface area (Å²) < 4.78 is 11.7. The molecule has 0 saturated carbocycles. The summed E-state index contributed by atoms with van der Waals surface area (Å²) >= 11 is 0. The van der Waals surface area contributed by atoms with Gasteiger partial charge < -0.3 is 24.1 Å². The van der Waals surface area contributed by atoms with Gasteiger partial charge in [0.25, 0.3) is 5.56 Å². The lowest BCUT2D eigenvalue weighted by Gasteiger charge is -2.20. The van der Waals surface area contributed by atoms with Crippen LogP contribution in [0.15, 0.2) is 53.8 Å². The Kier molecular flexibility index (Phi) is 7.00. The molecule has 35 heavy (non-hydrogen) atoms. The second-order valence-corrected chi connectivity index (χ2v) is 8.13. The van der Waals surface area contributed by atoms with Gasteiger partial charge in [0.05, 0.1) is 44.4 Å². The zero-order valence-corrected chi connectivity index (χ0v) is 19.7. The smallest absolute Gasteiger partial charge is 0.306 e. The van der Waals surface area contributed by atoms with Gasteiger partial charge in [-0.25, -0.2) is 4.98 Å². The topological polar surface area (TPSA) is 135 Å². The van der Waals surface area contributed by atoms with Crippen molar-refractivity contribution in [2.75, 3.05) is 14.2 Å². The highest BCUT2D eigenvalue weighted by Gasteiger charge is 2.29. The number of esters is 1. The van der Waals surface area contributed by atoms with Crippen LogP contribution in [0.1, 0.15) is 34.9 Å². The molecule has 0 aliphatic carbocycles. The van der Waals surface area contributed by atoms with Crippen LogP contribution in [0.4, 0.5) is 0 Å². The highest BCUT2D eigenvalue weighted by Crippen LogP contribution is 2.37. The predicted molar refractivity (Wildman–Crippen MR) is 128 cm³/mol. The molecule has 0 amide bonds. The normalized spacial score (nSPS) is 11.9. The first-order chi connectivity index (χ1) is 16.9. The molecule has 0 spiro atoms. The van der Waals surface area contributed by atoms with Gasteiger partial charge in [0.1, 0.15) is 11.5 Å². The van der Waals surface area contributed by atoms with Crippen LogP contribution in [0.3, 0.4) is 0 Å². The number of ether oxygens (including phenoxy) is 2. The maximum absolute atomic E-state index is 13.7. The SMILES string of the molecule is COC(=O)C[C@@H](c1cn[nH]c1-c1ccc(OC)cc1)c1c(O)cc(C)n(CCc2cnc[nH]2)c1=O. The number of pyridine rings is 1. The van der Waals surface area contributed by atoms with Crippen LogP contribution in [0.25, 0.3) is 11.3 Å². The number of hydrogen-bond acceptors (Lipinski definition) is 7. The molecule has 0 aliphatic heterocycles. The number of aromatic hydroxyl groups is 1. The van der Waals surface area contributed by atoms with E-state index in [1.165, 1.54) is 7.11 Å². The summed E-state index contributed by atoms with van der Waals surface area (Å²) in [5, 5.41) is 18.0. The third-order valence-corrected chi connectivity index (χ3v) is 6.05. The first-order valence-electron chi connectivity index (χ1n) is 11.1. The minimum absolute atomic E-state index is 0.113. The number of methoxy groups -OCH3 is 2. The van der Waals surface area contributed by atoms with Crippen molar-refractivity contribution in [3.63, 3.8) is 0 Å². The Hall–Kier alpha value is -4.34. The maximum Gasteiger partial charge on any atom is 0.306 e. The van der Waals surface area contributed by atoms with E-state index in [1.54, 1.807) is 55.5 Å². The third kappa shape index (κ3) is 4.96. The van der Waals surface area contributed by atoms with Gasteiger partial charge >= 0.3 is 5.97 Å². The van der Waals surface area contributed by atoms with Gasteiger partial charge in [-0.15, -0.1) is 0 Å². The van der Waals surface area contributed by atoms with Crippen molar-refractivity contribution in [3.8, 4) is 22.8 Å². The van der Waals surface area contributed by atoms with Crippen LogP contribution in [-0.2, 0) is 22.5 Å². The molecule has 0 bridgehead atoms. The van der Waals surface area contributed by atoms with Gasteiger partial charge in [-0.2, -0.15) is 5.10 Å². The molecule has 0 radical (unpaired) electrons. The van der Waals surface area contributed by atoms with Crippen molar-refractivity contribution in [3.05, 3.63) is 81.9 Å². The van der Waals surface area contributed by atoms with Crippen LogP contribution >= 0.6 is 0 Å². The number of nitrogens with zero attached hydrogens (tertiary/aromatic N) is 3. The lowest BCUT2D eigenvalue weighted by atomic mass is 9.87. The highest BCUT2D eigenvalue weighted by molar-refractivity contribution is 5.73. The van der Waals surface area contributed by atoms with Gasteiger partial charge in [0.2, 0.25) is 0 Å². The van der Waals surface area contributed by atoms with Gasteiger partial charge in [0, 0.05) is 47.6 Å². The molecule has 3 N–H and O–H groups in total. The van der Waals surface area contributed by atoms with Crippen molar-refractivity contribution in [1.82, 2.24) is 24.7 Å². The van der Waals surface area contributed by atoms with Crippen LogP contribution in [0.5, 0.6) is 11.5 Å². The number of nitrogens with one attached hydrogen (secondary N) is 2. The average Bonchev–Trinajstić information content (AvgIpc) is 3.55. The number of aromatic nitrogens is 5. The summed E-state index contributed by atoms with van der Waals surface area (Å²) in [6.45, 7) is 2.13. The van der Waals surface area contributed by atoms with E-state index in [1.807, 2.05) is 12.1 Å². The number of aromatic amines is 2. The van der Waals surface area contributed by atoms with Gasteiger partial charge in [0.15, 0.2) is 0 Å². The molecule has 3 aromatic heterocycles. The number of carbonyl (C=O) groups is 1. The first kappa shape index (κ1) is 23.8. The van der Waals surface area contributed by atoms with Crippen molar-refractivity contribution >= 4 is 5.97 Å². The van der Waals surface area contributed by atoms with Crippen LogP contribution in [0, 0.1) is 6.92 Å². The van der Waals surface area contributed by atoms with E-state index in [9.17, 15) is 14.7 Å². The molecule has 10 heteroatoms. The fraction of sp³-hybridized carbons (Fsp3) is 0.280. The van der Waals surface area contributed by atoms with E-state index in [-0.39, 0.29) is 23.3 Å². The summed E-state index contributed by atoms with van der Waals surface area (Å²) in [4.78, 5) is 33.1. The molecule has 0 saturated heterocycles. The van der Waals surface area contributed by atoms with Gasteiger partial charge in [-0.05, 0) is 37.3 Å². The van der Waals surface area contributed by atoms with E-state index < -0.39 is 11.9 Å². The summed E-state index contributed by atoms with van der Waals surface area (Å²) in [5.41, 5.74) is 3.24. The molecule has 3 heterocycles. The lowest BCUT2D eigenvalue weighted by molar-refractivity contribution is -0.140. The van der Waals surface area contributed by atoms with Gasteiger partial charge in [-0.3, -0.25) is 14.7 Å². The molecule has 1 atom stereocenters. The number of H-pyrrole nitrogens is 2. The number of hydrogen-bond donors (Lipinski definition) is 3. The van der Waals surface area contributed by atoms with Crippen LogP contribution in [-0.4, -0.2) is 50.0 Å². The van der Waals surface area contributed by atoms with E-state index in [0.717, 1.165) is 11.3 Å². The number of imidazole rings is 1. The quantitative estimate of drug-likeness (QED) is 0.315. The Morgan fingerprint density at radius 3 is 2.63 bits per heavy atom. The molecular weight excluding hydrogens is 450 g/mol. The molecule has 182 valence electrons. The molecule has 1 aromatic carbocycles. The summed E-state index contributed by atoms with van der Waals surface area (Å²) in [7, 11) is 2.87. The molecule has 0 unspecified atom stereocenters. The van der Waals surface area contributed by atoms with E-state index in [2.05, 4.69) is 20.2 Å². The molecule has 4 rings (SSSR count). The van der Waals surface area contributed by atoms with Crippen LogP contribution in [0.2, 0.25) is 0 Å². The lowest BCUT2D eigenvalue weighted by Crippen LogP contribution is -2.29. The summed E-state index contributed by atoms with van der Waals surface area (Å²) in [6.07, 6.45) is 5.26. The average molecular weight is 478 g/mol. The Labute approximate surface area is 201 Å². The van der Waals surface area contributed by atoms with E-state index in [0.29, 0.717) is 35.7 Å². The Bertz CT molecular complexity index is 1360. The van der Waals surface area contributed by atoms with Gasteiger partial charge in [-0.1, -0.05) is 0 Å². The zero-order chi connectivity index (χ0) is 24.9. The van der Waals surface area contributed by atoms with Crippen molar-refractivity contribution in [2.24, 2.45) is 0 Å². The van der Waals surface area contributed by atoms with Crippen molar-refractivity contribution in [2.45, 2.75) is 32.2 Å². The Morgan fingerprint density at radius 1 is 1.20 bits per heavy atom. The minimum Gasteiger partial charge on any atom is -0.507 e. The number of aryl methyl sites for hydroxylation is 2. The minimum atomic E-state index is -0.787. The second-order valence-electron chi connectivity index (χ2n) is 8.13. The summed E-state index contributed by atoms with van der Waals surface area (Å²) in [5.74, 6) is -0.789. The van der Waals surface area contributed by atoms with Crippen molar-refractivity contribution < 1.29 is 19.4 Å². The standard InChI is InChI=1S/C25H27N5O5/c1-15-10-21(31)23(25(33)30(15)9-8-17-12-26-14-27-17)19(11-22(32)35-3)20-13-28-29-24(20)16-4-6-18(34-2)7-5-16/h4-7,10,12-14,19,31H,8-9,11H2,1-3H3,(H,26,27)(H,28,29)/t19-/m0/s1. The fourth-order valence-electron chi connectivity index (χ4n) is 4.19. The molecule has 4 aromatic rings. The fourth-order valence-corrected chi connectivity index (χ4v) is 4.19. The van der Waals surface area contributed by atoms with Crippen molar-refractivity contribution in [1.29, 1.82) is 0 Å². The maximum atomic E-state index is 13.7. The number of rotatable bonds is 9. The molecule has 0 fully saturated rings. The monoisotopic (exact) mass is 477 g/mol. The Balaban J connectivity index is 1.81. The molecular formula is C25H27N5O5. The molecule has 0 aliphatic rings. The summed E-state index contributed by atoms with van der Waals surface area (Å²) in [6, 6.07) is 8.86. The zero-order valence-electron chi connectivity index (χ0n) is 19.7.